The molecule has 1 aromatic carbocycles. The summed E-state index contributed by atoms with van der Waals surface area (Å²) in [5, 5.41) is 0.602. The first-order chi connectivity index (χ1) is 9.77. The van der Waals surface area contributed by atoms with Gasteiger partial charge in [-0.25, -0.2) is 13.4 Å². The molecule has 0 spiro atoms. The second-order valence-corrected chi connectivity index (χ2v) is 7.40. The zero-order valence-electron chi connectivity index (χ0n) is 12.1. The van der Waals surface area contributed by atoms with Crippen LogP contribution in [-0.2, 0) is 16.6 Å². The van der Waals surface area contributed by atoms with Crippen LogP contribution in [0.25, 0.3) is 11.3 Å². The second kappa shape index (κ2) is 6.17. The van der Waals surface area contributed by atoms with Crippen molar-refractivity contribution in [3.8, 4) is 11.3 Å². The van der Waals surface area contributed by atoms with Crippen LogP contribution in [-0.4, -0.2) is 30.0 Å². The van der Waals surface area contributed by atoms with Crippen LogP contribution < -0.4 is 0 Å². The van der Waals surface area contributed by atoms with Crippen LogP contribution in [0, 0.1) is 0 Å². The summed E-state index contributed by atoms with van der Waals surface area (Å²) < 4.78 is 30.4. The third-order valence-electron chi connectivity index (χ3n) is 2.96. The van der Waals surface area contributed by atoms with Crippen LogP contribution in [0.3, 0.4) is 0 Å². The molecule has 0 N–H and O–H groups in total. The number of hydrogen-bond acceptors (Lipinski definition) is 4. The van der Waals surface area contributed by atoms with Gasteiger partial charge in [0.05, 0.1) is 19.0 Å². The van der Waals surface area contributed by atoms with E-state index in [1.807, 2.05) is 26.0 Å². The topological polar surface area (TPSA) is 63.4 Å². The van der Waals surface area contributed by atoms with E-state index in [-0.39, 0.29) is 12.6 Å². The maximum atomic E-state index is 11.7. The molecule has 0 aliphatic carbocycles. The summed E-state index contributed by atoms with van der Waals surface area (Å²) >= 11 is 5.94. The van der Waals surface area contributed by atoms with E-state index in [0.717, 1.165) is 5.56 Å². The van der Waals surface area contributed by atoms with Crippen molar-refractivity contribution in [2.24, 2.45) is 0 Å². The van der Waals surface area contributed by atoms with Gasteiger partial charge in [0.25, 0.3) is 0 Å². The lowest BCUT2D eigenvalue weighted by Crippen LogP contribution is -2.35. The number of hydrogen-bond donors (Lipinski definition) is 0. The van der Waals surface area contributed by atoms with Crippen molar-refractivity contribution >= 4 is 21.6 Å². The molecule has 2 aromatic rings. The van der Waals surface area contributed by atoms with Gasteiger partial charge in [0.1, 0.15) is 0 Å². The maximum Gasteiger partial charge on any atom is 0.211 e. The van der Waals surface area contributed by atoms with Crippen LogP contribution in [0.4, 0.5) is 0 Å². The van der Waals surface area contributed by atoms with Crippen molar-refractivity contribution < 1.29 is 12.8 Å². The quantitative estimate of drug-likeness (QED) is 0.845. The molecule has 0 amide bonds. The highest BCUT2D eigenvalue weighted by atomic mass is 35.5. The molecule has 21 heavy (non-hydrogen) atoms. The third kappa shape index (κ3) is 4.06. The normalized spacial score (nSPS) is 12.3. The molecular formula is C14H17ClN2O3S. The van der Waals surface area contributed by atoms with Crippen molar-refractivity contribution in [1.29, 1.82) is 0 Å². The Morgan fingerprint density at radius 2 is 2.10 bits per heavy atom. The zero-order chi connectivity index (χ0) is 15.6. The van der Waals surface area contributed by atoms with Gasteiger partial charge >= 0.3 is 0 Å². The number of sulfonamides is 1. The minimum Gasteiger partial charge on any atom is -0.439 e. The van der Waals surface area contributed by atoms with E-state index >= 15 is 0 Å². The lowest BCUT2D eigenvalue weighted by atomic mass is 10.2. The summed E-state index contributed by atoms with van der Waals surface area (Å²) in [4.78, 5) is 4.14. The standard InChI is InChI=1S/C14H17ClN2O3S/c1-10(2)17(21(3,18)19)9-14-16-8-13(20-14)11-5-4-6-12(15)7-11/h4-8,10H,9H2,1-3H3. The SMILES string of the molecule is CC(C)N(Cc1ncc(-c2cccc(Cl)c2)o1)S(C)(=O)=O. The Bertz CT molecular complexity index is 725. The van der Waals surface area contributed by atoms with Gasteiger partial charge in [-0.3, -0.25) is 0 Å². The summed E-state index contributed by atoms with van der Waals surface area (Å²) in [5.41, 5.74) is 0.803. The van der Waals surface area contributed by atoms with Crippen molar-refractivity contribution in [2.75, 3.05) is 6.26 Å². The van der Waals surface area contributed by atoms with Crippen LogP contribution in [0.1, 0.15) is 19.7 Å². The van der Waals surface area contributed by atoms with E-state index < -0.39 is 10.0 Å². The Kier molecular flexibility index (Phi) is 4.70. The Hall–Kier alpha value is -1.37. The Morgan fingerprint density at radius 3 is 2.67 bits per heavy atom. The summed E-state index contributed by atoms with van der Waals surface area (Å²) in [6.45, 7) is 3.72. The molecule has 5 nitrogen and oxygen atoms in total. The van der Waals surface area contributed by atoms with Crippen molar-refractivity contribution in [1.82, 2.24) is 9.29 Å². The smallest absolute Gasteiger partial charge is 0.211 e. The lowest BCUT2D eigenvalue weighted by molar-refractivity contribution is 0.315. The van der Waals surface area contributed by atoms with Crippen LogP contribution in [0.15, 0.2) is 34.9 Å². The van der Waals surface area contributed by atoms with E-state index in [4.69, 9.17) is 16.0 Å². The van der Waals surface area contributed by atoms with E-state index in [0.29, 0.717) is 16.7 Å². The minimum atomic E-state index is -3.31. The molecule has 0 bridgehead atoms. The number of nitrogens with zero attached hydrogens (tertiary/aromatic N) is 2. The average Bonchev–Trinajstić information content (AvgIpc) is 2.83. The van der Waals surface area contributed by atoms with Crippen molar-refractivity contribution in [3.63, 3.8) is 0 Å². The van der Waals surface area contributed by atoms with Crippen LogP contribution in [0.5, 0.6) is 0 Å². The molecule has 114 valence electrons. The van der Waals surface area contributed by atoms with Gasteiger partial charge in [-0.15, -0.1) is 0 Å². The van der Waals surface area contributed by atoms with E-state index in [2.05, 4.69) is 4.98 Å². The van der Waals surface area contributed by atoms with Crippen LogP contribution >= 0.6 is 11.6 Å². The van der Waals surface area contributed by atoms with Gasteiger partial charge in [-0.1, -0.05) is 23.7 Å². The van der Waals surface area contributed by atoms with Gasteiger partial charge in [0.2, 0.25) is 15.9 Å². The highest BCUT2D eigenvalue weighted by Crippen LogP contribution is 2.24. The predicted octanol–water partition coefficient (Wildman–Crippen LogP) is 3.17. The maximum absolute atomic E-state index is 11.7. The molecule has 1 aromatic heterocycles. The summed E-state index contributed by atoms with van der Waals surface area (Å²) in [6, 6.07) is 7.04. The van der Waals surface area contributed by atoms with Crippen LogP contribution in [0.2, 0.25) is 5.02 Å². The molecule has 0 atom stereocenters. The number of aromatic nitrogens is 1. The first-order valence-corrected chi connectivity index (χ1v) is 8.67. The first-order valence-electron chi connectivity index (χ1n) is 6.45. The zero-order valence-corrected chi connectivity index (χ0v) is 13.6. The summed E-state index contributed by atoms with van der Waals surface area (Å²) in [7, 11) is -3.31. The summed E-state index contributed by atoms with van der Waals surface area (Å²) in [5.74, 6) is 0.911. The molecular weight excluding hydrogens is 312 g/mol. The molecule has 1 heterocycles. The van der Waals surface area contributed by atoms with E-state index in [1.165, 1.54) is 10.6 Å². The number of oxazole rings is 1. The Balaban J connectivity index is 2.24. The molecule has 0 saturated heterocycles. The number of halogens is 1. The molecule has 0 radical (unpaired) electrons. The molecule has 0 fully saturated rings. The van der Waals surface area contributed by atoms with Crippen molar-refractivity contribution in [2.45, 2.75) is 26.4 Å². The van der Waals surface area contributed by atoms with Gasteiger partial charge < -0.3 is 4.42 Å². The largest absolute Gasteiger partial charge is 0.439 e. The van der Waals surface area contributed by atoms with Gasteiger partial charge in [0, 0.05) is 16.6 Å². The van der Waals surface area contributed by atoms with Gasteiger partial charge in [-0.05, 0) is 26.0 Å². The molecule has 2 rings (SSSR count). The summed E-state index contributed by atoms with van der Waals surface area (Å²) in [6.07, 6.45) is 2.75. The van der Waals surface area contributed by atoms with E-state index in [1.54, 1.807) is 18.3 Å². The fourth-order valence-electron chi connectivity index (χ4n) is 1.97. The minimum absolute atomic E-state index is 0.108. The fraction of sp³-hybridized carbons (Fsp3) is 0.357. The van der Waals surface area contributed by atoms with Gasteiger partial charge in [0.15, 0.2) is 5.76 Å². The first kappa shape index (κ1) is 16.0. The fourth-order valence-corrected chi connectivity index (χ4v) is 3.28. The number of rotatable bonds is 5. The number of benzene rings is 1. The molecule has 0 aliphatic rings. The molecule has 0 aliphatic heterocycles. The Labute approximate surface area is 129 Å². The Morgan fingerprint density at radius 1 is 1.38 bits per heavy atom. The highest BCUT2D eigenvalue weighted by Gasteiger charge is 2.22. The third-order valence-corrected chi connectivity index (χ3v) is 4.59. The molecule has 0 unspecified atom stereocenters. The van der Waals surface area contributed by atoms with E-state index in [9.17, 15) is 8.42 Å². The second-order valence-electron chi connectivity index (χ2n) is 5.03. The highest BCUT2D eigenvalue weighted by molar-refractivity contribution is 7.88. The lowest BCUT2D eigenvalue weighted by Gasteiger charge is -2.22. The predicted molar refractivity (Wildman–Crippen MR) is 82.5 cm³/mol. The molecule has 0 saturated carbocycles. The monoisotopic (exact) mass is 328 g/mol. The average molecular weight is 329 g/mol. The van der Waals surface area contributed by atoms with Gasteiger partial charge in [-0.2, -0.15) is 4.31 Å². The van der Waals surface area contributed by atoms with Crippen molar-refractivity contribution in [3.05, 3.63) is 41.4 Å². The molecule has 7 heteroatoms.